The Morgan fingerprint density at radius 1 is 1.50 bits per heavy atom. The summed E-state index contributed by atoms with van der Waals surface area (Å²) in [5.41, 5.74) is 7.15. The fourth-order valence-electron chi connectivity index (χ4n) is 2.26. The topological polar surface area (TPSA) is 29.3 Å². The van der Waals surface area contributed by atoms with Gasteiger partial charge in [-0.05, 0) is 53.9 Å². The average molecular weight is 304 g/mol. The summed E-state index contributed by atoms with van der Waals surface area (Å²) in [5.74, 6) is 0. The molecule has 0 spiro atoms. The van der Waals surface area contributed by atoms with E-state index in [-0.39, 0.29) is 0 Å². The minimum atomic E-state index is 0.345. The first-order valence-electron chi connectivity index (χ1n) is 5.55. The summed E-state index contributed by atoms with van der Waals surface area (Å²) in [5, 5.41) is 0.763. The lowest BCUT2D eigenvalue weighted by molar-refractivity contribution is 0.430. The van der Waals surface area contributed by atoms with Gasteiger partial charge in [-0.25, -0.2) is 0 Å². The van der Waals surface area contributed by atoms with Crippen LogP contribution in [0.3, 0.4) is 0 Å². The lowest BCUT2D eigenvalue weighted by Crippen LogP contribution is -2.45. The van der Waals surface area contributed by atoms with E-state index >= 15 is 0 Å². The van der Waals surface area contributed by atoms with Gasteiger partial charge in [0.2, 0.25) is 0 Å². The molecule has 16 heavy (non-hydrogen) atoms. The Hall–Kier alpha value is -0.250. The van der Waals surface area contributed by atoms with Crippen molar-refractivity contribution in [3.8, 4) is 0 Å². The summed E-state index contributed by atoms with van der Waals surface area (Å²) in [6.07, 6.45) is 2.10. The van der Waals surface area contributed by atoms with Crippen LogP contribution in [0.4, 0.5) is 5.69 Å². The van der Waals surface area contributed by atoms with Crippen molar-refractivity contribution in [2.24, 2.45) is 5.73 Å². The summed E-state index contributed by atoms with van der Waals surface area (Å²) in [6, 6.07) is 6.94. The van der Waals surface area contributed by atoms with Gasteiger partial charge in [0, 0.05) is 28.8 Å². The molecule has 2 unspecified atom stereocenters. The van der Waals surface area contributed by atoms with Crippen LogP contribution in [0.5, 0.6) is 0 Å². The van der Waals surface area contributed by atoms with Crippen LogP contribution in [0.25, 0.3) is 0 Å². The maximum atomic E-state index is 6.11. The minimum absolute atomic E-state index is 0.345. The number of anilines is 1. The van der Waals surface area contributed by atoms with Crippen molar-refractivity contribution < 1.29 is 0 Å². The van der Waals surface area contributed by atoms with E-state index in [1.165, 1.54) is 5.69 Å². The SMILES string of the molecule is CC1CC(N)CCN1c1ccc(Br)c(Cl)c1. The molecule has 1 aromatic rings. The van der Waals surface area contributed by atoms with Crippen LogP contribution in [0.15, 0.2) is 22.7 Å². The van der Waals surface area contributed by atoms with Gasteiger partial charge in [-0.2, -0.15) is 0 Å². The van der Waals surface area contributed by atoms with Crippen molar-refractivity contribution in [1.82, 2.24) is 0 Å². The number of piperidine rings is 1. The third kappa shape index (κ3) is 2.53. The average Bonchev–Trinajstić information content (AvgIpc) is 2.22. The highest BCUT2D eigenvalue weighted by atomic mass is 79.9. The molecular formula is C12H16BrClN2. The van der Waals surface area contributed by atoms with Crippen molar-refractivity contribution in [3.63, 3.8) is 0 Å². The van der Waals surface area contributed by atoms with Crippen LogP contribution in [0.1, 0.15) is 19.8 Å². The number of nitrogens with two attached hydrogens (primary N) is 1. The largest absolute Gasteiger partial charge is 0.369 e. The third-order valence-electron chi connectivity index (χ3n) is 3.15. The zero-order chi connectivity index (χ0) is 11.7. The highest BCUT2D eigenvalue weighted by Gasteiger charge is 2.23. The van der Waals surface area contributed by atoms with Crippen molar-refractivity contribution >= 4 is 33.2 Å². The summed E-state index contributed by atoms with van der Waals surface area (Å²) in [6.45, 7) is 3.23. The molecule has 1 aromatic carbocycles. The number of nitrogens with zero attached hydrogens (tertiary/aromatic N) is 1. The predicted molar refractivity (Wildman–Crippen MR) is 73.2 cm³/mol. The first-order valence-corrected chi connectivity index (χ1v) is 6.72. The van der Waals surface area contributed by atoms with Gasteiger partial charge in [-0.15, -0.1) is 0 Å². The first-order chi connectivity index (χ1) is 7.58. The van der Waals surface area contributed by atoms with Gasteiger partial charge in [0.1, 0.15) is 0 Å². The van der Waals surface area contributed by atoms with Gasteiger partial charge >= 0.3 is 0 Å². The molecule has 0 bridgehead atoms. The number of benzene rings is 1. The Bertz CT molecular complexity index is 383. The number of hydrogen-bond acceptors (Lipinski definition) is 2. The molecule has 2 rings (SSSR count). The number of rotatable bonds is 1. The molecule has 1 heterocycles. The molecule has 0 amide bonds. The van der Waals surface area contributed by atoms with Crippen molar-refractivity contribution in [2.45, 2.75) is 31.8 Å². The molecule has 2 nitrogen and oxygen atoms in total. The molecule has 0 aliphatic carbocycles. The molecule has 0 aromatic heterocycles. The van der Waals surface area contributed by atoms with Crippen molar-refractivity contribution in [1.29, 1.82) is 0 Å². The minimum Gasteiger partial charge on any atom is -0.369 e. The van der Waals surface area contributed by atoms with Crippen LogP contribution in [-0.4, -0.2) is 18.6 Å². The van der Waals surface area contributed by atoms with E-state index in [9.17, 15) is 0 Å². The highest BCUT2D eigenvalue weighted by molar-refractivity contribution is 9.10. The lowest BCUT2D eigenvalue weighted by atomic mass is 9.98. The second-order valence-corrected chi connectivity index (χ2v) is 5.69. The van der Waals surface area contributed by atoms with E-state index in [2.05, 4.69) is 33.8 Å². The van der Waals surface area contributed by atoms with E-state index in [1.807, 2.05) is 12.1 Å². The Balaban J connectivity index is 2.20. The molecular weight excluding hydrogens is 288 g/mol. The standard InChI is InChI=1S/C12H16BrClN2/c1-8-6-9(15)4-5-16(8)10-2-3-11(13)12(14)7-10/h2-3,7-9H,4-6,15H2,1H3. The van der Waals surface area contributed by atoms with Crippen LogP contribution in [-0.2, 0) is 0 Å². The molecule has 2 N–H and O–H groups in total. The van der Waals surface area contributed by atoms with Crippen LogP contribution in [0.2, 0.25) is 5.02 Å². The van der Waals surface area contributed by atoms with E-state index in [0.29, 0.717) is 12.1 Å². The fourth-order valence-corrected chi connectivity index (χ4v) is 2.68. The second kappa shape index (κ2) is 4.94. The Kier molecular flexibility index (Phi) is 3.77. The zero-order valence-corrected chi connectivity index (χ0v) is 11.6. The summed E-state index contributed by atoms with van der Waals surface area (Å²) >= 11 is 9.52. The molecule has 88 valence electrons. The quantitative estimate of drug-likeness (QED) is 0.861. The van der Waals surface area contributed by atoms with Crippen molar-refractivity contribution in [3.05, 3.63) is 27.7 Å². The van der Waals surface area contributed by atoms with Crippen LogP contribution >= 0.6 is 27.5 Å². The van der Waals surface area contributed by atoms with E-state index in [1.54, 1.807) is 0 Å². The lowest BCUT2D eigenvalue weighted by Gasteiger charge is -2.38. The maximum Gasteiger partial charge on any atom is 0.0568 e. The zero-order valence-electron chi connectivity index (χ0n) is 9.29. The van der Waals surface area contributed by atoms with E-state index in [0.717, 1.165) is 28.9 Å². The molecule has 1 saturated heterocycles. The molecule has 0 radical (unpaired) electrons. The Labute approximate surface area is 110 Å². The van der Waals surface area contributed by atoms with Gasteiger partial charge in [-0.1, -0.05) is 11.6 Å². The Morgan fingerprint density at radius 3 is 2.88 bits per heavy atom. The van der Waals surface area contributed by atoms with Gasteiger partial charge in [-0.3, -0.25) is 0 Å². The molecule has 4 heteroatoms. The predicted octanol–water partition coefficient (Wildman–Crippen LogP) is 3.42. The molecule has 0 saturated carbocycles. The van der Waals surface area contributed by atoms with E-state index in [4.69, 9.17) is 17.3 Å². The maximum absolute atomic E-state index is 6.11. The van der Waals surface area contributed by atoms with Crippen LogP contribution in [0, 0.1) is 0 Å². The number of hydrogen-bond donors (Lipinski definition) is 1. The van der Waals surface area contributed by atoms with Crippen molar-refractivity contribution in [2.75, 3.05) is 11.4 Å². The molecule has 1 fully saturated rings. The van der Waals surface area contributed by atoms with Gasteiger partial charge < -0.3 is 10.6 Å². The number of halogens is 2. The third-order valence-corrected chi connectivity index (χ3v) is 4.38. The normalized spacial score (nSPS) is 25.9. The first kappa shape index (κ1) is 12.2. The molecule has 1 aliphatic heterocycles. The molecule has 1 aliphatic rings. The van der Waals surface area contributed by atoms with Crippen LogP contribution < -0.4 is 10.6 Å². The van der Waals surface area contributed by atoms with Gasteiger partial charge in [0.15, 0.2) is 0 Å². The second-order valence-electron chi connectivity index (χ2n) is 4.43. The summed E-state index contributed by atoms with van der Waals surface area (Å²) in [4.78, 5) is 2.38. The highest BCUT2D eigenvalue weighted by Crippen LogP contribution is 2.30. The smallest absolute Gasteiger partial charge is 0.0568 e. The summed E-state index contributed by atoms with van der Waals surface area (Å²) in [7, 11) is 0. The molecule has 2 atom stereocenters. The monoisotopic (exact) mass is 302 g/mol. The van der Waals surface area contributed by atoms with Gasteiger partial charge in [0.05, 0.1) is 5.02 Å². The fraction of sp³-hybridized carbons (Fsp3) is 0.500. The summed E-state index contributed by atoms with van der Waals surface area (Å²) < 4.78 is 0.944. The van der Waals surface area contributed by atoms with E-state index < -0.39 is 0 Å². The van der Waals surface area contributed by atoms with Gasteiger partial charge in [0.25, 0.3) is 0 Å². The Morgan fingerprint density at radius 2 is 2.25 bits per heavy atom.